The first kappa shape index (κ1) is 11.3. The van der Waals surface area contributed by atoms with E-state index >= 15 is 0 Å². The molecular weight excluding hydrogens is 196 g/mol. The Kier molecular flexibility index (Phi) is 3.37. The van der Waals surface area contributed by atoms with Gasteiger partial charge in [-0.3, -0.25) is 0 Å². The van der Waals surface area contributed by atoms with E-state index in [-0.39, 0.29) is 0 Å². The summed E-state index contributed by atoms with van der Waals surface area (Å²) >= 11 is 0. The molecule has 1 aliphatic rings. The molecule has 2 nitrogen and oxygen atoms in total. The van der Waals surface area contributed by atoms with E-state index in [9.17, 15) is 0 Å². The summed E-state index contributed by atoms with van der Waals surface area (Å²) in [6.45, 7) is 5.54. The third kappa shape index (κ3) is 2.31. The Morgan fingerprint density at radius 2 is 2.19 bits per heavy atom. The quantitative estimate of drug-likeness (QED) is 0.763. The Hall–Kier alpha value is -1.18. The average Bonchev–Trinajstić information content (AvgIpc) is 2.64. The number of nitrogens with two attached hydrogens (primary N) is 1. The fourth-order valence-corrected chi connectivity index (χ4v) is 2.69. The highest BCUT2D eigenvalue weighted by atomic mass is 14.9. The summed E-state index contributed by atoms with van der Waals surface area (Å²) in [6, 6.07) is 6.08. The van der Waals surface area contributed by atoms with Crippen molar-refractivity contribution in [1.29, 1.82) is 0 Å². The Morgan fingerprint density at radius 1 is 1.38 bits per heavy atom. The number of nitrogen functional groups attached to an aromatic ring is 1. The minimum absolute atomic E-state index is 0.819. The number of benzene rings is 1. The third-order valence-electron chi connectivity index (χ3n) is 3.89. The van der Waals surface area contributed by atoms with E-state index < -0.39 is 0 Å². The molecule has 1 aliphatic carbocycles. The van der Waals surface area contributed by atoms with Gasteiger partial charge in [-0.1, -0.05) is 31.9 Å². The highest BCUT2D eigenvalue weighted by Gasteiger charge is 2.23. The molecule has 2 heteroatoms. The van der Waals surface area contributed by atoms with E-state index in [0.717, 1.165) is 29.8 Å². The number of aryl methyl sites for hydroxylation is 1. The van der Waals surface area contributed by atoms with Gasteiger partial charge in [0, 0.05) is 6.54 Å². The normalized spacial score (nSPS) is 24.6. The van der Waals surface area contributed by atoms with Gasteiger partial charge in [0.25, 0.3) is 0 Å². The summed E-state index contributed by atoms with van der Waals surface area (Å²) in [7, 11) is 0. The van der Waals surface area contributed by atoms with Gasteiger partial charge in [-0.2, -0.15) is 0 Å². The first-order valence-electron chi connectivity index (χ1n) is 6.27. The van der Waals surface area contributed by atoms with Crippen molar-refractivity contribution in [2.45, 2.75) is 33.1 Å². The maximum absolute atomic E-state index is 5.98. The fourth-order valence-electron chi connectivity index (χ4n) is 2.69. The zero-order valence-electron chi connectivity index (χ0n) is 10.3. The molecular formula is C14H22N2. The molecule has 2 atom stereocenters. The Balaban J connectivity index is 1.99. The van der Waals surface area contributed by atoms with Gasteiger partial charge in [-0.05, 0) is 36.8 Å². The van der Waals surface area contributed by atoms with Crippen molar-refractivity contribution in [3.05, 3.63) is 23.8 Å². The minimum atomic E-state index is 0.819. The Labute approximate surface area is 98.2 Å². The van der Waals surface area contributed by atoms with Gasteiger partial charge in [0.1, 0.15) is 0 Å². The number of para-hydroxylation sites is 1. The first-order chi connectivity index (χ1) is 7.68. The standard InChI is InChI=1S/C14H22N2/c1-10-5-3-7-12(10)9-16-14-11(2)6-4-8-13(14)15/h4,6,8,10,12,16H,3,5,7,9,15H2,1-2H3. The molecule has 0 amide bonds. The van der Waals surface area contributed by atoms with Gasteiger partial charge in [-0.15, -0.1) is 0 Å². The van der Waals surface area contributed by atoms with Crippen LogP contribution in [0.2, 0.25) is 0 Å². The lowest BCUT2D eigenvalue weighted by atomic mass is 9.98. The second kappa shape index (κ2) is 4.77. The molecule has 1 fully saturated rings. The highest BCUT2D eigenvalue weighted by molar-refractivity contribution is 5.69. The molecule has 0 aliphatic heterocycles. The lowest BCUT2D eigenvalue weighted by Crippen LogP contribution is -2.17. The van der Waals surface area contributed by atoms with E-state index in [1.807, 2.05) is 12.1 Å². The third-order valence-corrected chi connectivity index (χ3v) is 3.89. The van der Waals surface area contributed by atoms with Gasteiger partial charge in [0.15, 0.2) is 0 Å². The molecule has 0 saturated heterocycles. The topological polar surface area (TPSA) is 38.0 Å². The number of hydrogen-bond donors (Lipinski definition) is 2. The SMILES string of the molecule is Cc1cccc(N)c1NCC1CCCC1C. The van der Waals surface area contributed by atoms with Crippen LogP contribution < -0.4 is 11.1 Å². The number of rotatable bonds is 3. The fraction of sp³-hybridized carbons (Fsp3) is 0.571. The van der Waals surface area contributed by atoms with Crippen LogP contribution in [0.3, 0.4) is 0 Å². The van der Waals surface area contributed by atoms with Gasteiger partial charge in [0.05, 0.1) is 11.4 Å². The molecule has 0 heterocycles. The van der Waals surface area contributed by atoms with Crippen LogP contribution in [-0.2, 0) is 0 Å². The molecule has 0 radical (unpaired) electrons. The minimum Gasteiger partial charge on any atom is -0.397 e. The second-order valence-corrected chi connectivity index (χ2v) is 5.09. The lowest BCUT2D eigenvalue weighted by Gasteiger charge is -2.19. The predicted molar refractivity (Wildman–Crippen MR) is 70.6 cm³/mol. The molecule has 2 unspecified atom stereocenters. The van der Waals surface area contributed by atoms with Crippen molar-refractivity contribution in [2.24, 2.45) is 11.8 Å². The van der Waals surface area contributed by atoms with Crippen LogP contribution in [0.5, 0.6) is 0 Å². The summed E-state index contributed by atoms with van der Waals surface area (Å²) in [6.07, 6.45) is 4.13. The molecule has 16 heavy (non-hydrogen) atoms. The van der Waals surface area contributed by atoms with Crippen LogP contribution in [0.1, 0.15) is 31.7 Å². The molecule has 1 aromatic carbocycles. The second-order valence-electron chi connectivity index (χ2n) is 5.09. The largest absolute Gasteiger partial charge is 0.397 e. The number of anilines is 2. The van der Waals surface area contributed by atoms with Crippen molar-refractivity contribution >= 4 is 11.4 Å². The van der Waals surface area contributed by atoms with Crippen LogP contribution in [-0.4, -0.2) is 6.54 Å². The summed E-state index contributed by atoms with van der Waals surface area (Å²) in [5.74, 6) is 1.68. The molecule has 88 valence electrons. The number of nitrogens with one attached hydrogen (secondary N) is 1. The molecule has 1 aromatic rings. The van der Waals surface area contributed by atoms with Gasteiger partial charge in [-0.25, -0.2) is 0 Å². The highest BCUT2D eigenvalue weighted by Crippen LogP contribution is 2.32. The predicted octanol–water partition coefficient (Wildman–Crippen LogP) is 3.43. The van der Waals surface area contributed by atoms with Crippen LogP contribution in [0, 0.1) is 18.8 Å². The summed E-state index contributed by atoms with van der Waals surface area (Å²) < 4.78 is 0. The average molecular weight is 218 g/mol. The van der Waals surface area contributed by atoms with E-state index in [1.165, 1.54) is 24.8 Å². The maximum atomic E-state index is 5.98. The van der Waals surface area contributed by atoms with Gasteiger partial charge in [0.2, 0.25) is 0 Å². The number of hydrogen-bond acceptors (Lipinski definition) is 2. The van der Waals surface area contributed by atoms with Gasteiger partial charge >= 0.3 is 0 Å². The lowest BCUT2D eigenvalue weighted by molar-refractivity contribution is 0.439. The van der Waals surface area contributed by atoms with Crippen LogP contribution >= 0.6 is 0 Å². The van der Waals surface area contributed by atoms with E-state index in [1.54, 1.807) is 0 Å². The van der Waals surface area contributed by atoms with Crippen molar-refractivity contribution in [2.75, 3.05) is 17.6 Å². The van der Waals surface area contributed by atoms with Crippen molar-refractivity contribution in [3.8, 4) is 0 Å². The van der Waals surface area contributed by atoms with Crippen LogP contribution in [0.25, 0.3) is 0 Å². The smallest absolute Gasteiger partial charge is 0.0603 e. The van der Waals surface area contributed by atoms with Crippen LogP contribution in [0.4, 0.5) is 11.4 Å². The zero-order valence-corrected chi connectivity index (χ0v) is 10.3. The molecule has 2 rings (SSSR count). The Morgan fingerprint density at radius 3 is 2.81 bits per heavy atom. The van der Waals surface area contributed by atoms with Crippen molar-refractivity contribution in [3.63, 3.8) is 0 Å². The van der Waals surface area contributed by atoms with Crippen molar-refractivity contribution < 1.29 is 0 Å². The molecule has 3 N–H and O–H groups in total. The summed E-state index contributed by atoms with van der Waals surface area (Å²) in [4.78, 5) is 0. The summed E-state index contributed by atoms with van der Waals surface area (Å²) in [5, 5.41) is 3.53. The molecule has 0 spiro atoms. The summed E-state index contributed by atoms with van der Waals surface area (Å²) in [5.41, 5.74) is 9.21. The molecule has 1 saturated carbocycles. The molecule has 0 bridgehead atoms. The first-order valence-corrected chi connectivity index (χ1v) is 6.27. The van der Waals surface area contributed by atoms with E-state index in [2.05, 4.69) is 25.2 Å². The van der Waals surface area contributed by atoms with Gasteiger partial charge < -0.3 is 11.1 Å². The monoisotopic (exact) mass is 218 g/mol. The van der Waals surface area contributed by atoms with Crippen LogP contribution in [0.15, 0.2) is 18.2 Å². The van der Waals surface area contributed by atoms with E-state index in [0.29, 0.717) is 0 Å². The maximum Gasteiger partial charge on any atom is 0.0603 e. The van der Waals surface area contributed by atoms with Crippen molar-refractivity contribution in [1.82, 2.24) is 0 Å². The van der Waals surface area contributed by atoms with E-state index in [4.69, 9.17) is 5.73 Å². The Bertz CT molecular complexity index is 340. The zero-order chi connectivity index (χ0) is 11.5. The molecule has 0 aromatic heterocycles.